The highest BCUT2D eigenvalue weighted by Crippen LogP contribution is 2.46. The maximum Gasteiger partial charge on any atom is 0.336 e. The van der Waals surface area contributed by atoms with Gasteiger partial charge in [0.1, 0.15) is 5.82 Å². The fraction of sp³-hybridized carbons (Fsp3) is 0.308. The lowest BCUT2D eigenvalue weighted by Gasteiger charge is -2.36. The molecule has 2 aromatic carbocycles. The molecule has 0 bridgehead atoms. The number of halogens is 1. The van der Waals surface area contributed by atoms with Gasteiger partial charge in [-0.15, -0.1) is 0 Å². The molecular formula is C26H26FNO5. The highest BCUT2D eigenvalue weighted by molar-refractivity contribution is 6.04. The lowest BCUT2D eigenvalue weighted by atomic mass is 9.71. The zero-order valence-corrected chi connectivity index (χ0v) is 19.0. The number of carbonyl (C=O) groups is 2. The van der Waals surface area contributed by atoms with E-state index in [1.807, 2.05) is 18.2 Å². The lowest BCUT2D eigenvalue weighted by molar-refractivity contribution is -0.136. The maximum atomic E-state index is 14.9. The molecule has 1 heterocycles. The number of carbonyl (C=O) groups excluding carboxylic acids is 2. The summed E-state index contributed by atoms with van der Waals surface area (Å²) in [4.78, 5) is 26.2. The molecule has 7 heteroatoms. The number of rotatable bonds is 5. The average Bonchev–Trinajstić information content (AvgIpc) is 2.82. The summed E-state index contributed by atoms with van der Waals surface area (Å²) in [5.41, 5.74) is 3.14. The Labute approximate surface area is 192 Å². The van der Waals surface area contributed by atoms with Crippen molar-refractivity contribution >= 4 is 11.8 Å². The highest BCUT2D eigenvalue weighted by atomic mass is 19.1. The summed E-state index contributed by atoms with van der Waals surface area (Å²) in [5.74, 6) is -0.918. The predicted octanol–water partition coefficient (Wildman–Crippen LogP) is 4.38. The third-order valence-electron chi connectivity index (χ3n) is 6.33. The minimum Gasteiger partial charge on any atom is -0.493 e. The number of Topliss-reactive ketones (excluding diaryl/α,β-unsaturated/α-hetero) is 1. The molecule has 4 rings (SSSR count). The van der Waals surface area contributed by atoms with Gasteiger partial charge in [0.15, 0.2) is 17.3 Å². The van der Waals surface area contributed by atoms with E-state index in [4.69, 9.17) is 14.2 Å². The molecule has 6 nitrogen and oxygen atoms in total. The molecule has 0 unspecified atom stereocenters. The van der Waals surface area contributed by atoms with Crippen molar-refractivity contribution in [1.82, 2.24) is 5.32 Å². The molecule has 172 valence electrons. The van der Waals surface area contributed by atoms with Crippen molar-refractivity contribution in [2.75, 3.05) is 21.3 Å². The van der Waals surface area contributed by atoms with Gasteiger partial charge in [0.2, 0.25) is 0 Å². The van der Waals surface area contributed by atoms with E-state index in [0.29, 0.717) is 34.9 Å². The van der Waals surface area contributed by atoms with Crippen LogP contribution in [0.5, 0.6) is 11.5 Å². The van der Waals surface area contributed by atoms with Gasteiger partial charge < -0.3 is 19.5 Å². The van der Waals surface area contributed by atoms with E-state index < -0.39 is 17.7 Å². The van der Waals surface area contributed by atoms with E-state index >= 15 is 0 Å². The van der Waals surface area contributed by atoms with E-state index in [2.05, 4.69) is 5.32 Å². The second-order valence-corrected chi connectivity index (χ2v) is 8.14. The lowest BCUT2D eigenvalue weighted by Crippen LogP contribution is -2.36. The Bertz CT molecular complexity index is 1180. The molecule has 0 radical (unpaired) electrons. The minimum atomic E-state index is -0.825. The van der Waals surface area contributed by atoms with Gasteiger partial charge in [-0.05, 0) is 43.0 Å². The Kier molecular flexibility index (Phi) is 6.22. The van der Waals surface area contributed by atoms with Crippen LogP contribution in [-0.4, -0.2) is 33.1 Å². The average molecular weight is 451 g/mol. The number of hydrogen-bond acceptors (Lipinski definition) is 6. The number of dihydropyridines is 1. The van der Waals surface area contributed by atoms with Crippen LogP contribution in [0, 0.1) is 5.82 Å². The Morgan fingerprint density at radius 1 is 1.03 bits per heavy atom. The molecule has 2 atom stereocenters. The molecule has 1 N–H and O–H groups in total. The van der Waals surface area contributed by atoms with Crippen LogP contribution in [0.1, 0.15) is 42.7 Å². The second kappa shape index (κ2) is 9.10. The number of benzene rings is 2. The summed E-state index contributed by atoms with van der Waals surface area (Å²) >= 11 is 0. The standard InChI is InChI=1S/C26H26FNO5/c1-14-23(26(30)33-4)24(17-7-5-6-8-18(17)27)25-19(28-14)11-16(12-20(25)29)15-9-10-21(31-2)22(13-15)32-3/h5-10,13,16,24,28H,11-12H2,1-4H3/t16-,24-/m0/s1. The second-order valence-electron chi connectivity index (χ2n) is 8.14. The van der Waals surface area contributed by atoms with Crippen LogP contribution in [0.4, 0.5) is 4.39 Å². The molecule has 0 saturated heterocycles. The zero-order chi connectivity index (χ0) is 23.7. The van der Waals surface area contributed by atoms with Crippen LogP contribution in [0.2, 0.25) is 0 Å². The quantitative estimate of drug-likeness (QED) is 0.681. The summed E-state index contributed by atoms with van der Waals surface area (Å²) in [7, 11) is 4.42. The van der Waals surface area contributed by atoms with Gasteiger partial charge in [-0.3, -0.25) is 4.79 Å². The Morgan fingerprint density at radius 2 is 1.76 bits per heavy atom. The fourth-order valence-electron chi connectivity index (χ4n) is 4.78. The SMILES string of the molecule is COC(=O)C1=C(C)NC2=C(C(=O)C[C@@H](c3ccc(OC)c(OC)c3)C2)[C@H]1c1ccccc1F. The molecule has 1 aliphatic carbocycles. The monoisotopic (exact) mass is 451 g/mol. The molecule has 2 aliphatic rings. The number of ether oxygens (including phenoxy) is 3. The van der Waals surface area contributed by atoms with Gasteiger partial charge in [-0.1, -0.05) is 24.3 Å². The first-order chi connectivity index (χ1) is 15.9. The van der Waals surface area contributed by atoms with Crippen LogP contribution in [0.25, 0.3) is 0 Å². The highest BCUT2D eigenvalue weighted by Gasteiger charge is 2.42. The summed E-state index contributed by atoms with van der Waals surface area (Å²) in [5, 5.41) is 3.24. The van der Waals surface area contributed by atoms with Gasteiger partial charge >= 0.3 is 5.97 Å². The molecule has 0 saturated carbocycles. The summed E-state index contributed by atoms with van der Waals surface area (Å²) < 4.78 is 30.6. The number of esters is 1. The van der Waals surface area contributed by atoms with Gasteiger partial charge in [-0.25, -0.2) is 9.18 Å². The maximum absolute atomic E-state index is 14.9. The zero-order valence-electron chi connectivity index (χ0n) is 19.0. The molecule has 0 fully saturated rings. The fourth-order valence-corrected chi connectivity index (χ4v) is 4.78. The van der Waals surface area contributed by atoms with Crippen molar-refractivity contribution in [3.8, 4) is 11.5 Å². The molecular weight excluding hydrogens is 425 g/mol. The topological polar surface area (TPSA) is 73.9 Å². The number of ketones is 1. The van der Waals surface area contributed by atoms with Crippen molar-refractivity contribution in [2.24, 2.45) is 0 Å². The Hall–Kier alpha value is -3.61. The van der Waals surface area contributed by atoms with Crippen molar-refractivity contribution in [3.63, 3.8) is 0 Å². The van der Waals surface area contributed by atoms with Gasteiger partial charge in [0, 0.05) is 29.0 Å². The van der Waals surface area contributed by atoms with Crippen molar-refractivity contribution in [2.45, 2.75) is 31.6 Å². The Morgan fingerprint density at radius 3 is 2.42 bits per heavy atom. The molecule has 0 amide bonds. The summed E-state index contributed by atoms with van der Waals surface area (Å²) in [6.45, 7) is 1.74. The first kappa shape index (κ1) is 22.6. The summed E-state index contributed by atoms with van der Waals surface area (Å²) in [6.07, 6.45) is 0.766. The third kappa shape index (κ3) is 3.99. The normalized spacial score (nSPS) is 20.2. The van der Waals surface area contributed by atoms with Crippen LogP contribution in [0.3, 0.4) is 0 Å². The molecule has 33 heavy (non-hydrogen) atoms. The van der Waals surface area contributed by atoms with Gasteiger partial charge in [0.25, 0.3) is 0 Å². The van der Waals surface area contributed by atoms with Gasteiger partial charge in [-0.2, -0.15) is 0 Å². The Balaban J connectivity index is 1.79. The van der Waals surface area contributed by atoms with E-state index in [0.717, 1.165) is 5.56 Å². The van der Waals surface area contributed by atoms with Crippen LogP contribution < -0.4 is 14.8 Å². The number of hydrogen-bond donors (Lipinski definition) is 1. The van der Waals surface area contributed by atoms with E-state index in [9.17, 15) is 14.0 Å². The first-order valence-electron chi connectivity index (χ1n) is 10.7. The minimum absolute atomic E-state index is 0.0997. The van der Waals surface area contributed by atoms with Crippen molar-refractivity contribution < 1.29 is 28.2 Å². The molecule has 1 aliphatic heterocycles. The largest absolute Gasteiger partial charge is 0.493 e. The van der Waals surface area contributed by atoms with E-state index in [-0.39, 0.29) is 29.3 Å². The van der Waals surface area contributed by atoms with Crippen LogP contribution in [-0.2, 0) is 14.3 Å². The van der Waals surface area contributed by atoms with Crippen LogP contribution >= 0.6 is 0 Å². The van der Waals surface area contributed by atoms with E-state index in [1.54, 1.807) is 39.3 Å². The third-order valence-corrected chi connectivity index (χ3v) is 6.33. The molecule has 0 aromatic heterocycles. The number of nitrogens with one attached hydrogen (secondary N) is 1. The predicted molar refractivity (Wildman–Crippen MR) is 121 cm³/mol. The van der Waals surface area contributed by atoms with Gasteiger partial charge in [0.05, 0.1) is 32.8 Å². The smallest absolute Gasteiger partial charge is 0.336 e. The molecule has 2 aromatic rings. The first-order valence-corrected chi connectivity index (χ1v) is 10.7. The van der Waals surface area contributed by atoms with Crippen LogP contribution in [0.15, 0.2) is 65.0 Å². The van der Waals surface area contributed by atoms with E-state index in [1.165, 1.54) is 13.2 Å². The molecule has 0 spiro atoms. The number of methoxy groups -OCH3 is 3. The van der Waals surface area contributed by atoms with Crippen molar-refractivity contribution in [3.05, 3.63) is 81.9 Å². The number of allylic oxidation sites excluding steroid dienone is 3. The summed E-state index contributed by atoms with van der Waals surface area (Å²) in [6, 6.07) is 11.8. The van der Waals surface area contributed by atoms with Crippen molar-refractivity contribution in [1.29, 1.82) is 0 Å².